The summed E-state index contributed by atoms with van der Waals surface area (Å²) >= 11 is 0.854. The SMILES string of the molecule is CC(C(F)S(=O)(=O)c1nc2ccccc2s1)N1C(=O)c2ccccc2C1=O. The third-order valence-electron chi connectivity index (χ3n) is 4.43. The largest absolute Gasteiger partial charge is 0.269 e. The molecule has 0 saturated heterocycles. The maximum atomic E-state index is 15.0. The molecule has 0 saturated carbocycles. The predicted octanol–water partition coefficient (Wildman–Crippen LogP) is 3.05. The summed E-state index contributed by atoms with van der Waals surface area (Å²) in [7, 11) is -4.48. The van der Waals surface area contributed by atoms with Crippen LogP contribution in [-0.2, 0) is 9.84 Å². The molecular weight excluding hydrogens is 391 g/mol. The van der Waals surface area contributed by atoms with Gasteiger partial charge in [0.05, 0.1) is 27.4 Å². The molecule has 0 spiro atoms. The number of amides is 2. The zero-order valence-corrected chi connectivity index (χ0v) is 15.6. The number of carbonyl (C=O) groups excluding carboxylic acids is 2. The zero-order chi connectivity index (χ0) is 19.3. The molecule has 2 heterocycles. The van der Waals surface area contributed by atoms with Crippen molar-refractivity contribution in [3.05, 3.63) is 59.7 Å². The highest BCUT2D eigenvalue weighted by molar-refractivity contribution is 7.94. The molecule has 3 aromatic rings. The Morgan fingerprint density at radius 2 is 1.56 bits per heavy atom. The van der Waals surface area contributed by atoms with E-state index in [0.717, 1.165) is 11.3 Å². The lowest BCUT2D eigenvalue weighted by Gasteiger charge is -2.24. The number of hydrogen-bond acceptors (Lipinski definition) is 6. The van der Waals surface area contributed by atoms with Gasteiger partial charge in [0.2, 0.25) is 19.7 Å². The molecular formula is C18H13FN2O4S2. The van der Waals surface area contributed by atoms with Gasteiger partial charge < -0.3 is 0 Å². The normalized spacial score (nSPS) is 16.6. The molecule has 2 amide bonds. The van der Waals surface area contributed by atoms with E-state index < -0.39 is 33.2 Å². The van der Waals surface area contributed by atoms with E-state index in [0.29, 0.717) is 15.1 Å². The van der Waals surface area contributed by atoms with E-state index in [2.05, 4.69) is 4.98 Å². The quantitative estimate of drug-likeness (QED) is 0.624. The topological polar surface area (TPSA) is 84.4 Å². The van der Waals surface area contributed by atoms with E-state index in [9.17, 15) is 18.0 Å². The lowest BCUT2D eigenvalue weighted by Crippen LogP contribution is -2.46. The van der Waals surface area contributed by atoms with Gasteiger partial charge in [-0.1, -0.05) is 24.3 Å². The molecule has 0 radical (unpaired) electrons. The van der Waals surface area contributed by atoms with E-state index >= 15 is 4.39 Å². The molecule has 2 aromatic carbocycles. The van der Waals surface area contributed by atoms with Crippen LogP contribution in [0.25, 0.3) is 10.2 Å². The fourth-order valence-corrected chi connectivity index (χ4v) is 5.79. The standard InChI is InChI=1S/C18H13FN2O4S2/c1-10(21-16(22)11-6-2-3-7-12(11)17(21)23)15(19)27(24,25)18-20-13-8-4-5-9-14(13)26-18/h2-10,15H,1H3. The van der Waals surface area contributed by atoms with Gasteiger partial charge in [-0.3, -0.25) is 14.5 Å². The van der Waals surface area contributed by atoms with Gasteiger partial charge >= 0.3 is 0 Å². The summed E-state index contributed by atoms with van der Waals surface area (Å²) in [6.45, 7) is 1.21. The van der Waals surface area contributed by atoms with Crippen LogP contribution >= 0.6 is 11.3 Å². The Morgan fingerprint density at radius 1 is 1.00 bits per heavy atom. The van der Waals surface area contributed by atoms with E-state index in [1.807, 2.05) is 0 Å². The number of benzene rings is 2. The number of aromatic nitrogens is 1. The molecule has 138 valence electrons. The zero-order valence-electron chi connectivity index (χ0n) is 14.0. The van der Waals surface area contributed by atoms with Crippen LogP contribution in [0.4, 0.5) is 4.39 Å². The van der Waals surface area contributed by atoms with Gasteiger partial charge in [0, 0.05) is 0 Å². The maximum Gasteiger partial charge on any atom is 0.261 e. The monoisotopic (exact) mass is 404 g/mol. The molecule has 0 fully saturated rings. The van der Waals surface area contributed by atoms with E-state index in [1.54, 1.807) is 36.4 Å². The summed E-state index contributed by atoms with van der Waals surface area (Å²) in [5, 5.41) is 0. The molecule has 9 heteroatoms. The van der Waals surface area contributed by atoms with E-state index in [1.165, 1.54) is 19.1 Å². The van der Waals surface area contributed by atoms with Gasteiger partial charge in [0.1, 0.15) is 0 Å². The van der Waals surface area contributed by atoms with Crippen LogP contribution < -0.4 is 0 Å². The minimum atomic E-state index is -4.48. The number of para-hydroxylation sites is 1. The van der Waals surface area contributed by atoms with Gasteiger partial charge in [0.15, 0.2) is 0 Å². The fourth-order valence-electron chi connectivity index (χ4n) is 3.02. The van der Waals surface area contributed by atoms with Crippen LogP contribution in [0.1, 0.15) is 27.6 Å². The Bertz CT molecular complexity index is 1120. The Morgan fingerprint density at radius 3 is 2.15 bits per heavy atom. The van der Waals surface area contributed by atoms with E-state index in [4.69, 9.17) is 0 Å². The molecule has 27 heavy (non-hydrogen) atoms. The van der Waals surface area contributed by atoms with Crippen molar-refractivity contribution in [3.8, 4) is 0 Å². The minimum Gasteiger partial charge on any atom is -0.269 e. The third-order valence-corrected chi connectivity index (χ3v) is 7.77. The molecule has 2 atom stereocenters. The number of carbonyl (C=O) groups is 2. The Hall–Kier alpha value is -2.65. The molecule has 4 rings (SSSR count). The number of imide groups is 1. The molecule has 1 aromatic heterocycles. The van der Waals surface area contributed by atoms with Crippen LogP contribution in [0.5, 0.6) is 0 Å². The van der Waals surface area contributed by atoms with Crippen molar-refractivity contribution in [2.45, 2.75) is 22.8 Å². The van der Waals surface area contributed by atoms with Crippen molar-refractivity contribution in [3.63, 3.8) is 0 Å². The van der Waals surface area contributed by atoms with Crippen molar-refractivity contribution in [1.82, 2.24) is 9.88 Å². The molecule has 0 bridgehead atoms. The number of alkyl halides is 1. The molecule has 1 aliphatic rings. The third kappa shape index (κ3) is 2.65. The molecule has 6 nitrogen and oxygen atoms in total. The number of thiazole rings is 1. The number of hydrogen-bond donors (Lipinski definition) is 0. The minimum absolute atomic E-state index is 0.138. The summed E-state index contributed by atoms with van der Waals surface area (Å²) in [5.74, 6) is -1.41. The number of halogens is 1. The number of rotatable bonds is 4. The lowest BCUT2D eigenvalue weighted by molar-refractivity contribution is 0.0557. The first-order valence-electron chi connectivity index (χ1n) is 8.03. The highest BCUT2D eigenvalue weighted by Crippen LogP contribution is 2.32. The Kier molecular flexibility index (Phi) is 4.08. The summed E-state index contributed by atoms with van der Waals surface area (Å²) in [4.78, 5) is 29.6. The second-order valence-corrected chi connectivity index (χ2v) is 9.33. The average molecular weight is 404 g/mol. The average Bonchev–Trinajstić information content (AvgIpc) is 3.21. The number of nitrogens with zero attached hydrogens (tertiary/aromatic N) is 2. The van der Waals surface area contributed by atoms with Crippen molar-refractivity contribution >= 4 is 43.2 Å². The fraction of sp³-hybridized carbons (Fsp3) is 0.167. The highest BCUT2D eigenvalue weighted by Gasteiger charge is 2.46. The second-order valence-electron chi connectivity index (χ2n) is 6.11. The van der Waals surface area contributed by atoms with Crippen LogP contribution in [0.3, 0.4) is 0 Å². The summed E-state index contributed by atoms with van der Waals surface area (Å²) in [5.41, 5.74) is -1.76. The predicted molar refractivity (Wildman–Crippen MR) is 98.1 cm³/mol. The highest BCUT2D eigenvalue weighted by atomic mass is 32.2. The Labute approximate surface area is 158 Å². The second kappa shape index (κ2) is 6.21. The molecule has 1 aliphatic heterocycles. The van der Waals surface area contributed by atoms with Gasteiger partial charge in [-0.25, -0.2) is 17.8 Å². The van der Waals surface area contributed by atoms with Crippen LogP contribution in [0.2, 0.25) is 0 Å². The van der Waals surface area contributed by atoms with Crippen molar-refractivity contribution in [2.24, 2.45) is 0 Å². The lowest BCUT2D eigenvalue weighted by atomic mass is 10.1. The molecule has 0 aliphatic carbocycles. The summed E-state index contributed by atoms with van der Waals surface area (Å²) in [6.07, 6.45) is 0. The first-order chi connectivity index (χ1) is 12.8. The number of sulfone groups is 1. The maximum absolute atomic E-state index is 15.0. The van der Waals surface area contributed by atoms with Gasteiger partial charge in [-0.05, 0) is 31.2 Å². The first kappa shape index (κ1) is 17.7. The first-order valence-corrected chi connectivity index (χ1v) is 10.4. The summed E-state index contributed by atoms with van der Waals surface area (Å²) in [6, 6.07) is 11.3. The molecule has 2 unspecified atom stereocenters. The van der Waals surface area contributed by atoms with Crippen LogP contribution in [0, 0.1) is 0 Å². The van der Waals surface area contributed by atoms with Gasteiger partial charge in [0.25, 0.3) is 11.8 Å². The van der Waals surface area contributed by atoms with Crippen molar-refractivity contribution < 1.29 is 22.4 Å². The van der Waals surface area contributed by atoms with E-state index in [-0.39, 0.29) is 15.5 Å². The van der Waals surface area contributed by atoms with Crippen LogP contribution in [0.15, 0.2) is 52.9 Å². The van der Waals surface area contributed by atoms with Crippen molar-refractivity contribution in [1.29, 1.82) is 0 Å². The molecule has 0 N–H and O–H groups in total. The smallest absolute Gasteiger partial charge is 0.261 e. The Balaban J connectivity index is 1.69. The van der Waals surface area contributed by atoms with Gasteiger partial charge in [-0.15, -0.1) is 11.3 Å². The van der Waals surface area contributed by atoms with Gasteiger partial charge in [-0.2, -0.15) is 0 Å². The van der Waals surface area contributed by atoms with Crippen LogP contribution in [-0.4, -0.2) is 41.7 Å². The summed E-state index contributed by atoms with van der Waals surface area (Å²) < 4.78 is 40.7. The number of fused-ring (bicyclic) bond motifs is 2. The van der Waals surface area contributed by atoms with Crippen molar-refractivity contribution in [2.75, 3.05) is 0 Å².